The number of allylic oxidation sites excluding steroid dienone is 1. The number of hydrogen-bond acceptors (Lipinski definition) is 5. The average molecular weight is 396 g/mol. The van der Waals surface area contributed by atoms with E-state index < -0.39 is 4.92 Å². The topological polar surface area (TPSA) is 105 Å². The van der Waals surface area contributed by atoms with Crippen LogP contribution in [0.1, 0.15) is 17.0 Å². The first-order valence-electron chi connectivity index (χ1n) is 9.16. The Labute approximate surface area is 172 Å². The van der Waals surface area contributed by atoms with Crippen molar-refractivity contribution < 1.29 is 9.66 Å². The second-order valence-corrected chi connectivity index (χ2v) is 6.52. The molecule has 7 nitrogen and oxygen atoms in total. The van der Waals surface area contributed by atoms with Crippen molar-refractivity contribution in [3.63, 3.8) is 0 Å². The second-order valence-electron chi connectivity index (χ2n) is 6.52. The van der Waals surface area contributed by atoms with Crippen molar-refractivity contribution >= 4 is 28.4 Å². The van der Waals surface area contributed by atoms with Gasteiger partial charge in [-0.25, -0.2) is 4.98 Å². The summed E-state index contributed by atoms with van der Waals surface area (Å²) in [5, 5.41) is 20.6. The minimum Gasteiger partial charge on any atom is -0.489 e. The molecule has 0 radical (unpaired) electrons. The number of para-hydroxylation sites is 3. The van der Waals surface area contributed by atoms with E-state index in [9.17, 15) is 15.4 Å². The quantitative estimate of drug-likeness (QED) is 0.277. The predicted octanol–water partition coefficient (Wildman–Crippen LogP) is 5.11. The average Bonchev–Trinajstić information content (AvgIpc) is 3.21. The lowest BCUT2D eigenvalue weighted by atomic mass is 10.1. The van der Waals surface area contributed by atoms with Crippen molar-refractivity contribution in [1.29, 1.82) is 5.26 Å². The molecule has 4 aromatic rings. The number of imidazole rings is 1. The Bertz CT molecular complexity index is 1250. The number of nitrogens with zero attached hydrogens (tertiary/aromatic N) is 3. The molecule has 0 aliphatic carbocycles. The molecule has 0 saturated carbocycles. The third-order valence-electron chi connectivity index (χ3n) is 4.54. The van der Waals surface area contributed by atoms with Crippen LogP contribution < -0.4 is 4.74 Å². The van der Waals surface area contributed by atoms with E-state index in [-0.39, 0.29) is 12.3 Å². The zero-order chi connectivity index (χ0) is 20.9. The van der Waals surface area contributed by atoms with E-state index in [1.807, 2.05) is 36.4 Å². The van der Waals surface area contributed by atoms with Gasteiger partial charge in [0.25, 0.3) is 5.69 Å². The number of ether oxygens (including phenoxy) is 1. The van der Waals surface area contributed by atoms with Gasteiger partial charge in [0.15, 0.2) is 0 Å². The maximum Gasteiger partial charge on any atom is 0.276 e. The highest BCUT2D eigenvalue weighted by atomic mass is 16.6. The molecule has 0 saturated heterocycles. The van der Waals surface area contributed by atoms with Crippen LogP contribution in [0.25, 0.3) is 22.7 Å². The van der Waals surface area contributed by atoms with Crippen LogP contribution >= 0.6 is 0 Å². The molecular weight excluding hydrogens is 380 g/mol. The summed E-state index contributed by atoms with van der Waals surface area (Å²) in [5.41, 5.74) is 3.43. The summed E-state index contributed by atoms with van der Waals surface area (Å²) in [6.45, 7) is 0.0920. The van der Waals surface area contributed by atoms with Crippen LogP contribution in [-0.4, -0.2) is 14.9 Å². The van der Waals surface area contributed by atoms with E-state index in [1.165, 1.54) is 6.07 Å². The predicted molar refractivity (Wildman–Crippen MR) is 113 cm³/mol. The van der Waals surface area contributed by atoms with Crippen LogP contribution in [0.4, 0.5) is 5.69 Å². The smallest absolute Gasteiger partial charge is 0.276 e. The first kappa shape index (κ1) is 18.9. The van der Waals surface area contributed by atoms with Gasteiger partial charge >= 0.3 is 0 Å². The van der Waals surface area contributed by atoms with E-state index in [0.717, 1.165) is 16.6 Å². The van der Waals surface area contributed by atoms with Crippen LogP contribution in [0.3, 0.4) is 0 Å². The fourth-order valence-corrected chi connectivity index (χ4v) is 3.03. The molecule has 0 aliphatic heterocycles. The van der Waals surface area contributed by atoms with Crippen LogP contribution in [0.2, 0.25) is 0 Å². The molecule has 1 aromatic heterocycles. The zero-order valence-electron chi connectivity index (χ0n) is 15.8. The van der Waals surface area contributed by atoms with Gasteiger partial charge in [0.2, 0.25) is 0 Å². The number of nitro benzene ring substituents is 1. The molecule has 3 aromatic carbocycles. The number of benzene rings is 3. The second kappa shape index (κ2) is 8.29. The van der Waals surface area contributed by atoms with Crippen molar-refractivity contribution in [2.24, 2.45) is 0 Å². The highest BCUT2D eigenvalue weighted by molar-refractivity contribution is 5.90. The zero-order valence-corrected chi connectivity index (χ0v) is 15.8. The minimum absolute atomic E-state index is 0.0292. The lowest BCUT2D eigenvalue weighted by molar-refractivity contribution is -0.385. The fourth-order valence-electron chi connectivity index (χ4n) is 3.03. The molecule has 146 valence electrons. The largest absolute Gasteiger partial charge is 0.489 e. The van der Waals surface area contributed by atoms with Crippen LogP contribution in [0, 0.1) is 21.4 Å². The highest BCUT2D eigenvalue weighted by Crippen LogP contribution is 2.23. The number of hydrogen-bond donors (Lipinski definition) is 1. The first-order chi connectivity index (χ1) is 14.6. The van der Waals surface area contributed by atoms with Crippen molar-refractivity contribution in [3.8, 4) is 11.8 Å². The van der Waals surface area contributed by atoms with Gasteiger partial charge in [-0.1, -0.05) is 36.4 Å². The van der Waals surface area contributed by atoms with E-state index in [2.05, 4.69) is 16.0 Å². The molecule has 1 N–H and O–H groups in total. The Morgan fingerprint density at radius 1 is 1.10 bits per heavy atom. The molecule has 0 spiro atoms. The summed E-state index contributed by atoms with van der Waals surface area (Å²) in [6, 6.07) is 23.4. The SMILES string of the molecule is N#C/C(=C\c1ccc(OCc2ccccc2[N+](=O)[O-])cc1)c1nc2ccccc2[nH]1. The van der Waals surface area contributed by atoms with Gasteiger partial charge < -0.3 is 9.72 Å². The lowest BCUT2D eigenvalue weighted by Gasteiger charge is -2.07. The van der Waals surface area contributed by atoms with Crippen molar-refractivity contribution in [3.05, 3.63) is 99.9 Å². The van der Waals surface area contributed by atoms with Gasteiger partial charge in [-0.2, -0.15) is 5.26 Å². The number of rotatable bonds is 6. The number of nitrogens with one attached hydrogen (secondary N) is 1. The number of nitriles is 1. The third-order valence-corrected chi connectivity index (χ3v) is 4.54. The van der Waals surface area contributed by atoms with Crippen molar-refractivity contribution in [1.82, 2.24) is 9.97 Å². The van der Waals surface area contributed by atoms with Gasteiger partial charge in [-0.05, 0) is 42.0 Å². The molecule has 1 heterocycles. The molecule has 0 unspecified atom stereocenters. The van der Waals surface area contributed by atoms with Crippen molar-refractivity contribution in [2.45, 2.75) is 6.61 Å². The Morgan fingerprint density at radius 2 is 1.83 bits per heavy atom. The van der Waals surface area contributed by atoms with Gasteiger partial charge in [-0.15, -0.1) is 0 Å². The van der Waals surface area contributed by atoms with Crippen molar-refractivity contribution in [2.75, 3.05) is 0 Å². The van der Waals surface area contributed by atoms with Gasteiger partial charge in [0, 0.05) is 6.07 Å². The summed E-state index contributed by atoms with van der Waals surface area (Å²) in [4.78, 5) is 18.3. The highest BCUT2D eigenvalue weighted by Gasteiger charge is 2.12. The van der Waals surface area contributed by atoms with E-state index in [4.69, 9.17) is 4.74 Å². The van der Waals surface area contributed by atoms with Crippen LogP contribution in [0.5, 0.6) is 5.75 Å². The molecule has 30 heavy (non-hydrogen) atoms. The minimum atomic E-state index is -0.423. The summed E-state index contributed by atoms with van der Waals surface area (Å²) < 4.78 is 5.69. The van der Waals surface area contributed by atoms with Crippen LogP contribution in [0.15, 0.2) is 72.8 Å². The molecule has 4 rings (SSSR count). The maximum atomic E-state index is 11.1. The third kappa shape index (κ3) is 4.03. The standard InChI is InChI=1S/C23H16N4O3/c24-14-18(23-25-20-6-2-3-7-21(20)26-23)13-16-9-11-19(12-10-16)30-15-17-5-1-4-8-22(17)27(28)29/h1-13H,15H2,(H,25,26)/b18-13+. The van der Waals surface area contributed by atoms with Gasteiger partial charge in [-0.3, -0.25) is 10.1 Å². The maximum absolute atomic E-state index is 11.1. The Hall–Kier alpha value is -4.44. The van der Waals surface area contributed by atoms with E-state index in [1.54, 1.807) is 36.4 Å². The monoisotopic (exact) mass is 396 g/mol. The summed E-state index contributed by atoms with van der Waals surface area (Å²) in [5.74, 6) is 1.09. The molecule has 0 atom stereocenters. The number of fused-ring (bicyclic) bond motifs is 1. The van der Waals surface area contributed by atoms with E-state index in [0.29, 0.717) is 22.7 Å². The number of nitro groups is 1. The number of aromatic nitrogens is 2. The van der Waals surface area contributed by atoms with Gasteiger partial charge in [0.1, 0.15) is 24.3 Å². The molecule has 0 amide bonds. The number of H-pyrrole nitrogens is 1. The van der Waals surface area contributed by atoms with Gasteiger partial charge in [0.05, 0.1) is 27.1 Å². The van der Waals surface area contributed by atoms with Crippen LogP contribution in [-0.2, 0) is 6.61 Å². The summed E-state index contributed by atoms with van der Waals surface area (Å²) >= 11 is 0. The molecule has 0 fully saturated rings. The molecule has 0 bridgehead atoms. The summed E-state index contributed by atoms with van der Waals surface area (Å²) in [6.07, 6.45) is 1.74. The molecular formula is C23H16N4O3. The molecule has 7 heteroatoms. The number of aromatic amines is 1. The summed E-state index contributed by atoms with van der Waals surface area (Å²) in [7, 11) is 0. The Morgan fingerprint density at radius 3 is 2.57 bits per heavy atom. The first-order valence-corrected chi connectivity index (χ1v) is 9.16. The Kier molecular flexibility index (Phi) is 5.22. The fraction of sp³-hybridized carbons (Fsp3) is 0.0435. The Balaban J connectivity index is 1.50. The lowest BCUT2D eigenvalue weighted by Crippen LogP contribution is -2.00. The van der Waals surface area contributed by atoms with E-state index >= 15 is 0 Å². The normalized spacial score (nSPS) is 11.2. The molecule has 0 aliphatic rings.